The molecule has 3 aromatic rings. The summed E-state index contributed by atoms with van der Waals surface area (Å²) in [5.74, 6) is -0.423. The Morgan fingerprint density at radius 2 is 1.85 bits per heavy atom. The van der Waals surface area contributed by atoms with E-state index in [0.717, 1.165) is 14.5 Å². The molecule has 140 valence electrons. The van der Waals surface area contributed by atoms with Crippen LogP contribution in [0.2, 0.25) is 0 Å². The zero-order valence-electron chi connectivity index (χ0n) is 15.0. The highest BCUT2D eigenvalue weighted by atomic mass is 32.2. The van der Waals surface area contributed by atoms with Crippen molar-refractivity contribution in [1.29, 1.82) is 0 Å². The van der Waals surface area contributed by atoms with E-state index in [-0.39, 0.29) is 4.90 Å². The fourth-order valence-corrected chi connectivity index (χ4v) is 4.48. The third-order valence-electron chi connectivity index (χ3n) is 3.98. The Balaban J connectivity index is 2.01. The average molecular weight is 402 g/mol. The van der Waals surface area contributed by atoms with Crippen LogP contribution in [0.15, 0.2) is 71.1 Å². The van der Waals surface area contributed by atoms with Crippen molar-refractivity contribution < 1.29 is 13.2 Å². The van der Waals surface area contributed by atoms with Crippen LogP contribution in [0, 0.1) is 0 Å². The summed E-state index contributed by atoms with van der Waals surface area (Å²) in [6.07, 6.45) is 1.75. The number of sulfonamides is 1. The predicted octanol–water partition coefficient (Wildman–Crippen LogP) is 2.88. The van der Waals surface area contributed by atoms with Gasteiger partial charge in [0.15, 0.2) is 4.80 Å². The van der Waals surface area contributed by atoms with E-state index in [1.807, 2.05) is 28.8 Å². The summed E-state index contributed by atoms with van der Waals surface area (Å²) in [5.41, 5.74) is 1.32. The van der Waals surface area contributed by atoms with Crippen molar-refractivity contribution in [2.45, 2.75) is 11.4 Å². The number of aromatic nitrogens is 1. The van der Waals surface area contributed by atoms with Crippen molar-refractivity contribution >= 4 is 37.5 Å². The van der Waals surface area contributed by atoms with Crippen molar-refractivity contribution in [3.63, 3.8) is 0 Å². The Morgan fingerprint density at radius 1 is 1.19 bits per heavy atom. The molecule has 0 radical (unpaired) electrons. The number of nitrogens with zero attached hydrogens (tertiary/aromatic N) is 3. The van der Waals surface area contributed by atoms with E-state index in [9.17, 15) is 13.2 Å². The summed E-state index contributed by atoms with van der Waals surface area (Å²) < 4.78 is 28.3. The van der Waals surface area contributed by atoms with Gasteiger partial charge in [0, 0.05) is 26.2 Å². The Hall–Kier alpha value is -2.55. The van der Waals surface area contributed by atoms with E-state index in [4.69, 9.17) is 0 Å². The lowest BCUT2D eigenvalue weighted by molar-refractivity contribution is 0.0998. The number of fused-ring (bicyclic) bond motifs is 1. The molecule has 0 spiro atoms. The molecule has 0 aliphatic rings. The second-order valence-corrected chi connectivity index (χ2v) is 9.14. The van der Waals surface area contributed by atoms with Gasteiger partial charge in [0.1, 0.15) is 0 Å². The highest BCUT2D eigenvalue weighted by Gasteiger charge is 2.17. The Bertz CT molecular complexity index is 1170. The number of rotatable bonds is 5. The van der Waals surface area contributed by atoms with Crippen LogP contribution in [0.5, 0.6) is 0 Å². The molecule has 8 heteroatoms. The van der Waals surface area contributed by atoms with Gasteiger partial charge in [-0.3, -0.25) is 4.79 Å². The van der Waals surface area contributed by atoms with Crippen LogP contribution in [0.3, 0.4) is 0 Å². The molecule has 2 aromatic carbocycles. The smallest absolute Gasteiger partial charge is 0.279 e. The van der Waals surface area contributed by atoms with Crippen LogP contribution < -0.4 is 4.80 Å². The molecule has 27 heavy (non-hydrogen) atoms. The summed E-state index contributed by atoms with van der Waals surface area (Å²) in [6, 6.07) is 13.6. The Kier molecular flexibility index (Phi) is 5.41. The minimum Gasteiger partial charge on any atom is -0.312 e. The molecule has 3 rings (SSSR count). The number of allylic oxidation sites excluding steroid dienone is 1. The third-order valence-corrected chi connectivity index (χ3v) is 6.87. The van der Waals surface area contributed by atoms with Crippen LogP contribution in [-0.2, 0) is 16.6 Å². The first-order valence-corrected chi connectivity index (χ1v) is 10.4. The van der Waals surface area contributed by atoms with Gasteiger partial charge < -0.3 is 4.57 Å². The second-order valence-electron chi connectivity index (χ2n) is 5.98. The molecule has 6 nitrogen and oxygen atoms in total. The van der Waals surface area contributed by atoms with Gasteiger partial charge in [0.25, 0.3) is 5.91 Å². The van der Waals surface area contributed by atoms with E-state index in [1.54, 1.807) is 6.08 Å². The molecule has 1 heterocycles. The zero-order valence-corrected chi connectivity index (χ0v) is 16.6. The van der Waals surface area contributed by atoms with E-state index >= 15 is 0 Å². The van der Waals surface area contributed by atoms with E-state index < -0.39 is 15.9 Å². The number of amides is 1. The predicted molar refractivity (Wildman–Crippen MR) is 107 cm³/mol. The minimum absolute atomic E-state index is 0.132. The van der Waals surface area contributed by atoms with Crippen molar-refractivity contribution in [2.75, 3.05) is 14.1 Å². The maximum Gasteiger partial charge on any atom is 0.279 e. The largest absolute Gasteiger partial charge is 0.312 e. The SMILES string of the molecule is C=CCn1c(=NC(=O)c2ccc(S(=O)(=O)N(C)C)cc2)sc2ccccc21. The van der Waals surface area contributed by atoms with E-state index in [1.165, 1.54) is 49.7 Å². The van der Waals surface area contributed by atoms with Gasteiger partial charge in [-0.15, -0.1) is 6.58 Å². The van der Waals surface area contributed by atoms with E-state index in [0.29, 0.717) is 16.9 Å². The Morgan fingerprint density at radius 3 is 2.48 bits per heavy atom. The monoisotopic (exact) mass is 401 g/mol. The molecule has 1 amide bonds. The Labute approximate surface area is 161 Å². The number of hydrogen-bond donors (Lipinski definition) is 0. The molecular weight excluding hydrogens is 382 g/mol. The molecule has 0 saturated heterocycles. The summed E-state index contributed by atoms with van der Waals surface area (Å²) >= 11 is 1.42. The van der Waals surface area contributed by atoms with Gasteiger partial charge in [0.2, 0.25) is 10.0 Å². The normalized spacial score (nSPS) is 12.6. The number of benzene rings is 2. The van der Waals surface area contributed by atoms with Gasteiger partial charge in [-0.25, -0.2) is 12.7 Å². The molecule has 0 saturated carbocycles. The fourth-order valence-electron chi connectivity index (χ4n) is 2.54. The summed E-state index contributed by atoms with van der Waals surface area (Å²) in [7, 11) is -0.608. The summed E-state index contributed by atoms with van der Waals surface area (Å²) in [6.45, 7) is 4.30. The number of carbonyl (C=O) groups excluding carboxylic acids is 1. The summed E-state index contributed by atoms with van der Waals surface area (Å²) in [5, 5.41) is 0. The topological polar surface area (TPSA) is 71.7 Å². The lowest BCUT2D eigenvalue weighted by atomic mass is 10.2. The van der Waals surface area contributed by atoms with Gasteiger partial charge in [-0.1, -0.05) is 29.5 Å². The average Bonchev–Trinajstić information content (AvgIpc) is 2.99. The maximum absolute atomic E-state index is 12.6. The molecule has 0 aliphatic heterocycles. The number of carbonyl (C=O) groups is 1. The second kappa shape index (κ2) is 7.59. The van der Waals surface area contributed by atoms with Gasteiger partial charge >= 0.3 is 0 Å². The molecule has 0 atom stereocenters. The molecule has 0 aliphatic carbocycles. The molecule has 0 N–H and O–H groups in total. The zero-order chi connectivity index (χ0) is 19.6. The van der Waals surface area contributed by atoms with Crippen LogP contribution in [0.1, 0.15) is 10.4 Å². The molecule has 0 bridgehead atoms. The quantitative estimate of drug-likeness (QED) is 0.617. The fraction of sp³-hybridized carbons (Fsp3) is 0.158. The number of thiazole rings is 1. The lowest BCUT2D eigenvalue weighted by Gasteiger charge is -2.11. The lowest BCUT2D eigenvalue weighted by Crippen LogP contribution is -2.22. The first-order valence-electron chi connectivity index (χ1n) is 8.15. The van der Waals surface area contributed by atoms with Crippen molar-refractivity contribution in [2.24, 2.45) is 4.99 Å². The third kappa shape index (κ3) is 3.78. The number of hydrogen-bond acceptors (Lipinski definition) is 4. The van der Waals surface area contributed by atoms with Crippen molar-refractivity contribution in [3.8, 4) is 0 Å². The van der Waals surface area contributed by atoms with Crippen LogP contribution >= 0.6 is 11.3 Å². The highest BCUT2D eigenvalue weighted by molar-refractivity contribution is 7.89. The van der Waals surface area contributed by atoms with Crippen LogP contribution in [0.25, 0.3) is 10.2 Å². The maximum atomic E-state index is 12.6. The molecule has 0 fully saturated rings. The van der Waals surface area contributed by atoms with Crippen molar-refractivity contribution in [3.05, 3.63) is 71.6 Å². The van der Waals surface area contributed by atoms with Crippen LogP contribution in [0.4, 0.5) is 0 Å². The summed E-state index contributed by atoms with van der Waals surface area (Å²) in [4.78, 5) is 17.5. The highest BCUT2D eigenvalue weighted by Crippen LogP contribution is 2.17. The van der Waals surface area contributed by atoms with Crippen molar-refractivity contribution in [1.82, 2.24) is 8.87 Å². The van der Waals surface area contributed by atoms with E-state index in [2.05, 4.69) is 11.6 Å². The van der Waals surface area contributed by atoms with Crippen LogP contribution in [-0.4, -0.2) is 37.3 Å². The molecule has 1 aromatic heterocycles. The molecular formula is C19H19N3O3S2. The van der Waals surface area contributed by atoms with Gasteiger partial charge in [-0.05, 0) is 36.4 Å². The first kappa shape index (κ1) is 19.2. The number of para-hydroxylation sites is 1. The standard InChI is InChI=1S/C19H19N3O3S2/c1-4-13-22-16-7-5-6-8-17(16)26-19(22)20-18(23)14-9-11-15(12-10-14)27(24,25)21(2)3/h4-12H,1,13H2,2-3H3. The van der Waals surface area contributed by atoms with Gasteiger partial charge in [0.05, 0.1) is 15.1 Å². The first-order chi connectivity index (χ1) is 12.8. The molecule has 0 unspecified atom stereocenters. The minimum atomic E-state index is -3.53. The van der Waals surface area contributed by atoms with Gasteiger partial charge in [-0.2, -0.15) is 4.99 Å².